The maximum atomic E-state index is 10.8. The van der Waals surface area contributed by atoms with Gasteiger partial charge in [-0.15, -0.1) is 0 Å². The van der Waals surface area contributed by atoms with Gasteiger partial charge in [0.05, 0.1) is 6.10 Å². The first-order valence-corrected chi connectivity index (χ1v) is 10.2. The third-order valence-electron chi connectivity index (χ3n) is 8.96. The first kappa shape index (κ1) is 17.2. The number of hydrogen-bond donors (Lipinski definition) is 2. The monoisotopic (exact) mass is 350 g/mol. The average Bonchev–Trinajstić information content (AvgIpc) is 2.84. The van der Waals surface area contributed by atoms with E-state index in [2.05, 4.69) is 25.1 Å². The summed E-state index contributed by atoms with van der Waals surface area (Å²) in [5.74, 6) is 5.66. The highest BCUT2D eigenvalue weighted by Gasteiger charge is 2.61. The Morgan fingerprint density at radius 1 is 0.917 bits per heavy atom. The van der Waals surface area contributed by atoms with Crippen LogP contribution in [-0.2, 0) is 0 Å². The molecule has 134 valence electrons. The lowest BCUT2D eigenvalue weighted by atomic mass is 9.44. The summed E-state index contributed by atoms with van der Waals surface area (Å²) in [6, 6.07) is 0. The zero-order valence-electron chi connectivity index (χ0n) is 15.0. The Labute approximate surface area is 151 Å². The van der Waals surface area contributed by atoms with Gasteiger partial charge in [0.25, 0.3) is 0 Å². The van der Waals surface area contributed by atoms with Gasteiger partial charge >= 0.3 is 0 Å². The molecule has 0 amide bonds. The lowest BCUT2D eigenvalue weighted by molar-refractivity contribution is -0.143. The lowest BCUT2D eigenvalue weighted by Gasteiger charge is -2.61. The summed E-state index contributed by atoms with van der Waals surface area (Å²) in [7, 11) is 0. The highest BCUT2D eigenvalue weighted by atomic mass is 35.5. The summed E-state index contributed by atoms with van der Waals surface area (Å²) in [5, 5.41) is 23.7. The van der Waals surface area contributed by atoms with Crippen LogP contribution in [0.25, 0.3) is 0 Å². The van der Waals surface area contributed by atoms with Gasteiger partial charge in [-0.2, -0.15) is 0 Å². The van der Waals surface area contributed by atoms with E-state index < -0.39 is 5.60 Å². The molecule has 0 aromatic rings. The van der Waals surface area contributed by atoms with Crippen molar-refractivity contribution in [1.82, 2.24) is 0 Å². The fraction of sp³-hybridized carbons (Fsp3) is 0.905. The predicted octanol–water partition coefficient (Wildman–Crippen LogP) is 4.32. The van der Waals surface area contributed by atoms with Crippen LogP contribution in [-0.4, -0.2) is 21.9 Å². The second-order valence-electron chi connectivity index (χ2n) is 9.75. The minimum absolute atomic E-state index is 0.0931. The number of hydrogen-bond acceptors (Lipinski definition) is 2. The van der Waals surface area contributed by atoms with Gasteiger partial charge < -0.3 is 10.2 Å². The zero-order valence-corrected chi connectivity index (χ0v) is 15.8. The molecule has 0 aromatic heterocycles. The van der Waals surface area contributed by atoms with Gasteiger partial charge in [-0.05, 0) is 104 Å². The van der Waals surface area contributed by atoms with Crippen molar-refractivity contribution in [2.24, 2.45) is 34.5 Å². The standard InChI is InChI=1S/C21H31ClO2/c1-19-9-10-21(24,11-12-22)13-14(19)3-4-15-16-5-6-18(23)20(16,2)8-7-17(15)19/h14-18,23-24H,3-10,13H2,1-2H3/t14-,15+,16+,17+,18-,19-,20+,21+/m0/s1. The summed E-state index contributed by atoms with van der Waals surface area (Å²) in [4.78, 5) is 0. The molecule has 3 heteroatoms. The van der Waals surface area contributed by atoms with Crippen molar-refractivity contribution in [3.05, 3.63) is 0 Å². The summed E-state index contributed by atoms with van der Waals surface area (Å²) < 4.78 is 0. The molecule has 0 bridgehead atoms. The maximum Gasteiger partial charge on any atom is 0.127 e. The molecule has 4 rings (SSSR count). The Morgan fingerprint density at radius 3 is 2.42 bits per heavy atom. The van der Waals surface area contributed by atoms with Crippen LogP contribution in [0.4, 0.5) is 0 Å². The maximum absolute atomic E-state index is 10.8. The van der Waals surface area contributed by atoms with Gasteiger partial charge in [0.15, 0.2) is 0 Å². The van der Waals surface area contributed by atoms with Gasteiger partial charge in [0.1, 0.15) is 5.60 Å². The topological polar surface area (TPSA) is 40.5 Å². The van der Waals surface area contributed by atoms with Gasteiger partial charge in [-0.3, -0.25) is 0 Å². The van der Waals surface area contributed by atoms with E-state index in [4.69, 9.17) is 11.6 Å². The molecule has 8 atom stereocenters. The van der Waals surface area contributed by atoms with Crippen LogP contribution in [0.3, 0.4) is 0 Å². The lowest BCUT2D eigenvalue weighted by Crippen LogP contribution is -2.56. The van der Waals surface area contributed by atoms with Crippen LogP contribution in [0.2, 0.25) is 0 Å². The molecule has 4 saturated carbocycles. The molecule has 2 nitrogen and oxygen atoms in total. The van der Waals surface area contributed by atoms with Crippen LogP contribution < -0.4 is 0 Å². The van der Waals surface area contributed by atoms with Crippen molar-refractivity contribution in [2.75, 3.05) is 0 Å². The fourth-order valence-electron chi connectivity index (χ4n) is 7.42. The molecule has 0 heterocycles. The highest BCUT2D eigenvalue weighted by molar-refractivity contribution is 6.30. The van der Waals surface area contributed by atoms with E-state index in [1.165, 1.54) is 32.1 Å². The number of halogens is 1. The summed E-state index contributed by atoms with van der Waals surface area (Å²) in [6.07, 6.45) is 9.61. The molecule has 24 heavy (non-hydrogen) atoms. The van der Waals surface area contributed by atoms with E-state index in [-0.39, 0.29) is 11.5 Å². The Balaban J connectivity index is 1.60. The van der Waals surface area contributed by atoms with E-state index in [0.717, 1.165) is 37.5 Å². The Hall–Kier alpha value is -0.230. The Kier molecular flexibility index (Phi) is 4.04. The van der Waals surface area contributed by atoms with Crippen molar-refractivity contribution in [3.63, 3.8) is 0 Å². The van der Waals surface area contributed by atoms with Crippen molar-refractivity contribution in [2.45, 2.75) is 83.3 Å². The normalized spacial score (nSPS) is 56.5. The van der Waals surface area contributed by atoms with Crippen LogP contribution in [0.1, 0.15) is 71.6 Å². The van der Waals surface area contributed by atoms with E-state index in [0.29, 0.717) is 17.3 Å². The molecular weight excluding hydrogens is 320 g/mol. The van der Waals surface area contributed by atoms with Crippen molar-refractivity contribution in [3.8, 4) is 11.3 Å². The van der Waals surface area contributed by atoms with E-state index in [9.17, 15) is 10.2 Å². The van der Waals surface area contributed by atoms with Crippen molar-refractivity contribution < 1.29 is 10.2 Å². The number of rotatable bonds is 0. The molecule has 0 spiro atoms. The summed E-state index contributed by atoms with van der Waals surface area (Å²) in [6.45, 7) is 4.83. The molecule has 0 radical (unpaired) electrons. The molecule has 4 fully saturated rings. The zero-order chi connectivity index (χ0) is 17.2. The van der Waals surface area contributed by atoms with E-state index >= 15 is 0 Å². The Bertz CT molecular complexity index is 580. The fourth-order valence-corrected chi connectivity index (χ4v) is 7.60. The van der Waals surface area contributed by atoms with Gasteiger partial charge in [-0.1, -0.05) is 19.8 Å². The predicted molar refractivity (Wildman–Crippen MR) is 96.3 cm³/mol. The minimum atomic E-state index is -0.870. The van der Waals surface area contributed by atoms with Crippen LogP contribution in [0.5, 0.6) is 0 Å². The molecule has 0 aliphatic heterocycles. The van der Waals surface area contributed by atoms with Crippen LogP contribution >= 0.6 is 11.6 Å². The van der Waals surface area contributed by atoms with Crippen molar-refractivity contribution in [1.29, 1.82) is 0 Å². The largest absolute Gasteiger partial charge is 0.393 e. The second-order valence-corrected chi connectivity index (χ2v) is 9.94. The Morgan fingerprint density at radius 2 is 1.67 bits per heavy atom. The molecule has 0 aromatic carbocycles. The molecule has 4 aliphatic rings. The molecule has 4 aliphatic carbocycles. The van der Waals surface area contributed by atoms with E-state index in [1.54, 1.807) is 0 Å². The summed E-state index contributed by atoms with van der Waals surface area (Å²) in [5.41, 5.74) is -0.382. The SMILES string of the molecule is C[C@]12CC[C@@](O)(C#CCl)C[C@@H]1CC[C@H]1[C@H]2CC[C@]2(C)[C@@H]1CC[C@@H]2O. The molecule has 0 saturated heterocycles. The van der Waals surface area contributed by atoms with Gasteiger partial charge in [-0.25, -0.2) is 0 Å². The van der Waals surface area contributed by atoms with Gasteiger partial charge in [0.2, 0.25) is 0 Å². The highest BCUT2D eigenvalue weighted by Crippen LogP contribution is 2.66. The van der Waals surface area contributed by atoms with E-state index in [1.807, 2.05) is 0 Å². The van der Waals surface area contributed by atoms with Crippen molar-refractivity contribution >= 4 is 11.6 Å². The molecule has 2 N–H and O–H groups in total. The smallest absolute Gasteiger partial charge is 0.127 e. The van der Waals surface area contributed by atoms with Gasteiger partial charge in [0, 0.05) is 5.38 Å². The molecular formula is C21H31ClO2. The quantitative estimate of drug-likeness (QED) is 0.639. The number of aliphatic hydroxyl groups is 2. The molecule has 0 unspecified atom stereocenters. The third kappa shape index (κ3) is 2.31. The van der Waals surface area contributed by atoms with Crippen LogP contribution in [0.15, 0.2) is 0 Å². The first-order chi connectivity index (χ1) is 11.3. The first-order valence-electron chi connectivity index (χ1n) is 9.86. The average molecular weight is 351 g/mol. The number of aliphatic hydroxyl groups excluding tert-OH is 1. The number of fused-ring (bicyclic) bond motifs is 5. The minimum Gasteiger partial charge on any atom is -0.393 e. The second kappa shape index (κ2) is 5.63. The van der Waals surface area contributed by atoms with Crippen LogP contribution in [0, 0.1) is 45.8 Å². The summed E-state index contributed by atoms with van der Waals surface area (Å²) >= 11 is 5.59. The third-order valence-corrected chi connectivity index (χ3v) is 9.05.